The molecule has 1 atom stereocenters. The highest BCUT2D eigenvalue weighted by Crippen LogP contribution is 2.00. The minimum Gasteiger partial charge on any atom is -0.480 e. The van der Waals surface area contributed by atoms with Crippen molar-refractivity contribution in [2.75, 3.05) is 17.2 Å². The van der Waals surface area contributed by atoms with Gasteiger partial charge < -0.3 is 20.5 Å². The van der Waals surface area contributed by atoms with Crippen LogP contribution in [0.25, 0.3) is 0 Å². The first-order valence-electron chi connectivity index (χ1n) is 7.40. The highest BCUT2D eigenvalue weighted by molar-refractivity contribution is 9.10. The van der Waals surface area contributed by atoms with Crippen molar-refractivity contribution in [1.82, 2.24) is 10.6 Å². The van der Waals surface area contributed by atoms with Gasteiger partial charge in [0, 0.05) is 0 Å². The number of ketones is 1. The summed E-state index contributed by atoms with van der Waals surface area (Å²) in [6.07, 6.45) is -0.744. The van der Waals surface area contributed by atoms with E-state index >= 15 is 0 Å². The third-order valence-electron chi connectivity index (χ3n) is 2.65. The van der Waals surface area contributed by atoms with E-state index < -0.39 is 30.6 Å². The number of carbonyl (C=O) groups is 4. The molecule has 0 aliphatic rings. The van der Waals surface area contributed by atoms with Crippen molar-refractivity contribution in [1.29, 1.82) is 0 Å². The van der Waals surface area contributed by atoms with Crippen molar-refractivity contribution in [2.45, 2.75) is 19.6 Å². The van der Waals surface area contributed by atoms with Gasteiger partial charge in [0.15, 0.2) is 5.78 Å². The van der Waals surface area contributed by atoms with Crippen LogP contribution in [-0.4, -0.2) is 52.1 Å². The predicted molar refractivity (Wildman–Crippen MR) is 102 cm³/mol. The first-order chi connectivity index (χ1) is 12.3. The molecule has 0 aromatic heterocycles. The maximum atomic E-state index is 11.4. The zero-order valence-corrected chi connectivity index (χ0v) is 17.2. The third-order valence-corrected chi connectivity index (χ3v) is 3.90. The number of Topliss-reactive ketones (excluding diaryl/α,β-unsaturated/α-hetero) is 1. The van der Waals surface area contributed by atoms with E-state index in [2.05, 4.69) is 42.5 Å². The van der Waals surface area contributed by atoms with Gasteiger partial charge in [-0.2, -0.15) is 0 Å². The molecule has 1 aromatic rings. The van der Waals surface area contributed by atoms with Gasteiger partial charge in [-0.05, 0) is 12.5 Å². The summed E-state index contributed by atoms with van der Waals surface area (Å²) in [6, 6.07) is 8.21. The van der Waals surface area contributed by atoms with Gasteiger partial charge in [0.2, 0.25) is 5.91 Å². The lowest BCUT2D eigenvalue weighted by Gasteiger charge is -2.13. The molecule has 3 N–H and O–H groups in total. The van der Waals surface area contributed by atoms with Gasteiger partial charge in [-0.25, -0.2) is 4.79 Å². The molecule has 0 unspecified atom stereocenters. The Kier molecular flexibility index (Phi) is 13.2. The number of ether oxygens (including phenoxy) is 1. The molecule has 0 heterocycles. The van der Waals surface area contributed by atoms with E-state index in [0.717, 1.165) is 5.56 Å². The number of carbonyl (C=O) groups excluding carboxylic acids is 3. The van der Waals surface area contributed by atoms with Gasteiger partial charge in [-0.1, -0.05) is 62.2 Å². The van der Waals surface area contributed by atoms with Crippen LogP contribution in [0.2, 0.25) is 0 Å². The van der Waals surface area contributed by atoms with E-state index in [-0.39, 0.29) is 12.4 Å². The Morgan fingerprint density at radius 3 is 2.15 bits per heavy atom. The molecule has 0 fully saturated rings. The van der Waals surface area contributed by atoms with Crippen molar-refractivity contribution in [3.8, 4) is 0 Å². The largest absolute Gasteiger partial charge is 0.480 e. The van der Waals surface area contributed by atoms with Crippen LogP contribution < -0.4 is 10.6 Å². The molecule has 0 radical (unpaired) electrons. The molecular formula is C16H20Br2N2O6. The highest BCUT2D eigenvalue weighted by Gasteiger charge is 2.16. The highest BCUT2D eigenvalue weighted by atomic mass is 79.9. The van der Waals surface area contributed by atoms with Gasteiger partial charge in [-0.15, -0.1) is 0 Å². The number of amides is 2. The normalized spacial score (nSPS) is 10.6. The smallest absolute Gasteiger partial charge is 0.408 e. The van der Waals surface area contributed by atoms with E-state index in [1.807, 2.05) is 18.2 Å². The Morgan fingerprint density at radius 1 is 1.12 bits per heavy atom. The molecule has 1 rings (SSSR count). The molecular weight excluding hydrogens is 476 g/mol. The zero-order chi connectivity index (χ0) is 19.9. The van der Waals surface area contributed by atoms with E-state index in [1.54, 1.807) is 12.1 Å². The number of carboxylic acid groups (broad SMARTS) is 1. The third kappa shape index (κ3) is 12.4. The lowest BCUT2D eigenvalue weighted by Crippen LogP contribution is -2.46. The van der Waals surface area contributed by atoms with Gasteiger partial charge >= 0.3 is 12.1 Å². The standard InChI is InChI=1S/C13H16N2O5.C3H4Br2O/c1-9(12(18)14-7-11(16)17)15-13(19)20-8-10-5-3-2-4-6-10;4-1-3(6)2-5/h2-6,9H,7-8H2,1H3,(H,14,18)(H,15,19)(H,16,17);1-2H2/t9-;/m0./s1. The number of carboxylic acids is 1. The molecule has 0 aliphatic heterocycles. The number of hydrogen-bond donors (Lipinski definition) is 3. The Balaban J connectivity index is 0.000000896. The van der Waals surface area contributed by atoms with E-state index in [9.17, 15) is 19.2 Å². The van der Waals surface area contributed by atoms with Gasteiger partial charge in [0.05, 0.1) is 10.7 Å². The first kappa shape index (κ1) is 24.1. The summed E-state index contributed by atoms with van der Waals surface area (Å²) in [5.41, 5.74) is 0.825. The lowest BCUT2D eigenvalue weighted by atomic mass is 10.2. The Bertz CT molecular complexity index is 592. The molecule has 26 heavy (non-hydrogen) atoms. The molecule has 10 heteroatoms. The zero-order valence-electron chi connectivity index (χ0n) is 14.0. The summed E-state index contributed by atoms with van der Waals surface area (Å²) < 4.78 is 4.93. The summed E-state index contributed by atoms with van der Waals surface area (Å²) in [7, 11) is 0. The van der Waals surface area contributed by atoms with Crippen molar-refractivity contribution in [3.05, 3.63) is 35.9 Å². The number of nitrogens with one attached hydrogen (secondary N) is 2. The summed E-state index contributed by atoms with van der Waals surface area (Å²) in [5, 5.41) is 13.8. The molecule has 0 aliphatic carbocycles. The number of alkyl halides is 2. The van der Waals surface area contributed by atoms with Crippen LogP contribution in [0.5, 0.6) is 0 Å². The summed E-state index contributed by atoms with van der Waals surface area (Å²) in [5.74, 6) is -1.57. The predicted octanol–water partition coefficient (Wildman–Crippen LogP) is 1.85. The fourth-order valence-electron chi connectivity index (χ4n) is 1.36. The summed E-state index contributed by atoms with van der Waals surface area (Å²) in [4.78, 5) is 43.2. The quantitative estimate of drug-likeness (QED) is 0.473. The number of benzene rings is 1. The maximum absolute atomic E-state index is 11.4. The second-order valence-corrected chi connectivity index (χ2v) is 5.97. The van der Waals surface area contributed by atoms with Gasteiger partial charge in [0.25, 0.3) is 0 Å². The minimum absolute atomic E-state index is 0.0934. The second kappa shape index (κ2) is 14.3. The SMILES string of the molecule is C[C@H](NC(=O)OCc1ccccc1)C(=O)NCC(=O)O.O=C(CBr)CBr. The van der Waals surface area contributed by atoms with Crippen LogP contribution in [0.4, 0.5) is 4.79 Å². The number of aliphatic carboxylic acids is 1. The van der Waals surface area contributed by atoms with Crippen LogP contribution >= 0.6 is 31.9 Å². The molecule has 2 amide bonds. The van der Waals surface area contributed by atoms with Crippen LogP contribution in [0.15, 0.2) is 30.3 Å². The Morgan fingerprint density at radius 2 is 1.69 bits per heavy atom. The molecule has 0 saturated heterocycles. The second-order valence-electron chi connectivity index (χ2n) is 4.85. The monoisotopic (exact) mass is 494 g/mol. The maximum Gasteiger partial charge on any atom is 0.408 e. The van der Waals surface area contributed by atoms with Crippen LogP contribution in [0, 0.1) is 0 Å². The molecule has 144 valence electrons. The van der Waals surface area contributed by atoms with Crippen molar-refractivity contribution in [3.63, 3.8) is 0 Å². The summed E-state index contributed by atoms with van der Waals surface area (Å²) in [6.45, 7) is 1.03. The minimum atomic E-state index is -1.16. The fourth-order valence-corrected chi connectivity index (χ4v) is 2.29. The van der Waals surface area contributed by atoms with Crippen LogP contribution in [0.3, 0.4) is 0 Å². The molecule has 8 nitrogen and oxygen atoms in total. The topological polar surface area (TPSA) is 122 Å². The number of rotatable bonds is 8. The first-order valence-corrected chi connectivity index (χ1v) is 9.64. The number of alkyl carbamates (subject to hydrolysis) is 1. The van der Waals surface area contributed by atoms with Crippen molar-refractivity contribution in [2.24, 2.45) is 0 Å². The van der Waals surface area contributed by atoms with Gasteiger partial charge in [0.1, 0.15) is 19.2 Å². The molecule has 0 saturated carbocycles. The van der Waals surface area contributed by atoms with E-state index in [1.165, 1.54) is 6.92 Å². The fraction of sp³-hybridized carbons (Fsp3) is 0.375. The van der Waals surface area contributed by atoms with Crippen LogP contribution in [0.1, 0.15) is 12.5 Å². The van der Waals surface area contributed by atoms with Crippen molar-refractivity contribution >= 4 is 55.6 Å². The van der Waals surface area contributed by atoms with E-state index in [4.69, 9.17) is 9.84 Å². The van der Waals surface area contributed by atoms with Crippen LogP contribution in [-0.2, 0) is 25.7 Å². The Labute approximate surface area is 167 Å². The summed E-state index contributed by atoms with van der Waals surface area (Å²) >= 11 is 5.99. The molecule has 0 spiro atoms. The molecule has 1 aromatic carbocycles. The number of hydrogen-bond acceptors (Lipinski definition) is 5. The molecule has 0 bridgehead atoms. The average molecular weight is 496 g/mol. The number of halogens is 2. The average Bonchev–Trinajstić information content (AvgIpc) is 2.64. The Hall–Kier alpha value is -1.94. The lowest BCUT2D eigenvalue weighted by molar-refractivity contribution is -0.138. The van der Waals surface area contributed by atoms with E-state index in [0.29, 0.717) is 10.7 Å². The van der Waals surface area contributed by atoms with Gasteiger partial charge in [-0.3, -0.25) is 14.4 Å². The van der Waals surface area contributed by atoms with Crippen molar-refractivity contribution < 1.29 is 29.0 Å².